The zero-order valence-corrected chi connectivity index (χ0v) is 16.4. The molecule has 3 heterocycles. The van der Waals surface area contributed by atoms with E-state index in [0.29, 0.717) is 6.42 Å². The van der Waals surface area contributed by atoms with Crippen molar-refractivity contribution in [2.24, 2.45) is 0 Å². The zero-order valence-electron chi connectivity index (χ0n) is 14.8. The number of nitrogens with one attached hydrogen (secondary N) is 1. The van der Waals surface area contributed by atoms with Gasteiger partial charge in [-0.15, -0.1) is 23.5 Å². The molecule has 5 atom stereocenters. The van der Waals surface area contributed by atoms with E-state index < -0.39 is 35.9 Å². The Hall–Kier alpha value is -0.0300. The zero-order chi connectivity index (χ0) is 18.2. The molecule has 0 aliphatic carbocycles. The van der Waals surface area contributed by atoms with Gasteiger partial charge in [-0.1, -0.05) is 0 Å². The van der Waals surface area contributed by atoms with E-state index in [9.17, 15) is 15.0 Å². The number of thioether (sulfide) groups is 2. The molecule has 9 heteroatoms. The maximum absolute atomic E-state index is 11.5. The Bertz CT molecular complexity index is 501. The van der Waals surface area contributed by atoms with Gasteiger partial charge in [-0.25, -0.2) is 0 Å². The van der Waals surface area contributed by atoms with E-state index in [1.165, 1.54) is 13.3 Å². The molecule has 1 unspecified atom stereocenters. The van der Waals surface area contributed by atoms with Gasteiger partial charge in [0.15, 0.2) is 12.1 Å². The van der Waals surface area contributed by atoms with Gasteiger partial charge in [-0.3, -0.25) is 4.79 Å². The maximum atomic E-state index is 11.5. The van der Waals surface area contributed by atoms with Gasteiger partial charge < -0.3 is 29.7 Å². The van der Waals surface area contributed by atoms with Crippen LogP contribution in [0.4, 0.5) is 0 Å². The first-order chi connectivity index (χ1) is 11.8. The van der Waals surface area contributed by atoms with Crippen LogP contribution in [0.25, 0.3) is 0 Å². The summed E-state index contributed by atoms with van der Waals surface area (Å²) in [4.78, 5) is 11.5. The molecule has 0 saturated carbocycles. The average Bonchev–Trinajstić information content (AvgIpc) is 2.88. The van der Waals surface area contributed by atoms with Gasteiger partial charge in [-0.05, 0) is 31.8 Å². The molecule has 3 fully saturated rings. The van der Waals surface area contributed by atoms with Crippen LogP contribution in [-0.4, -0.2) is 74.7 Å². The molecule has 3 rings (SSSR count). The molecule has 0 spiro atoms. The molecule has 3 N–H and O–H groups in total. The van der Waals surface area contributed by atoms with Gasteiger partial charge in [0.1, 0.15) is 23.9 Å². The van der Waals surface area contributed by atoms with Gasteiger partial charge in [0.2, 0.25) is 5.91 Å². The van der Waals surface area contributed by atoms with Crippen LogP contribution in [0.2, 0.25) is 0 Å². The molecule has 3 aliphatic rings. The molecule has 0 aromatic heterocycles. The van der Waals surface area contributed by atoms with E-state index in [-0.39, 0.29) is 17.1 Å². The van der Waals surface area contributed by atoms with Gasteiger partial charge in [0.25, 0.3) is 0 Å². The van der Waals surface area contributed by atoms with Crippen LogP contribution in [0.15, 0.2) is 0 Å². The molecule has 144 valence electrons. The van der Waals surface area contributed by atoms with Crippen LogP contribution in [0.1, 0.15) is 33.6 Å². The Balaban J connectivity index is 1.86. The van der Waals surface area contributed by atoms with Crippen LogP contribution in [-0.2, 0) is 19.0 Å². The topological polar surface area (TPSA) is 97.3 Å². The summed E-state index contributed by atoms with van der Waals surface area (Å²) in [5.74, 6) is 0.988. The van der Waals surface area contributed by atoms with E-state index in [4.69, 9.17) is 14.2 Å². The number of hydrogen-bond donors (Lipinski definition) is 3. The Kier molecular flexibility index (Phi) is 5.94. The number of carbonyl (C=O) groups excluding carboxylic acids is 1. The number of carbonyl (C=O) groups is 1. The Morgan fingerprint density at radius 2 is 1.92 bits per heavy atom. The molecule has 3 saturated heterocycles. The van der Waals surface area contributed by atoms with Crippen LogP contribution in [0.5, 0.6) is 0 Å². The van der Waals surface area contributed by atoms with Crippen molar-refractivity contribution in [3.63, 3.8) is 0 Å². The van der Waals surface area contributed by atoms with Crippen molar-refractivity contribution in [3.8, 4) is 0 Å². The van der Waals surface area contributed by atoms with E-state index in [0.717, 1.165) is 11.5 Å². The minimum absolute atomic E-state index is 0.262. The average molecular weight is 394 g/mol. The summed E-state index contributed by atoms with van der Waals surface area (Å²) in [5.41, 5.74) is -1.06. The van der Waals surface area contributed by atoms with Crippen molar-refractivity contribution in [1.82, 2.24) is 5.32 Å². The third-order valence-corrected chi connectivity index (χ3v) is 7.65. The first-order valence-corrected chi connectivity index (χ1v) is 10.7. The lowest BCUT2D eigenvalue weighted by Gasteiger charge is -2.48. The molecule has 0 aromatic rings. The highest BCUT2D eigenvalue weighted by atomic mass is 32.2. The second-order valence-corrected chi connectivity index (χ2v) is 10.1. The number of hydrogen-bond acceptors (Lipinski definition) is 8. The second kappa shape index (κ2) is 7.53. The number of aliphatic hydroxyl groups excluding tert-OH is 2. The molecule has 1 amide bonds. The monoisotopic (exact) mass is 393 g/mol. The van der Waals surface area contributed by atoms with Crippen molar-refractivity contribution >= 4 is 29.4 Å². The number of ether oxygens (including phenoxy) is 3. The molecule has 7 nitrogen and oxygen atoms in total. The molecular formula is C16H27NO6S2. The van der Waals surface area contributed by atoms with Crippen molar-refractivity contribution in [1.29, 1.82) is 0 Å². The smallest absolute Gasteiger partial charge is 0.217 e. The van der Waals surface area contributed by atoms with Crippen molar-refractivity contribution < 1.29 is 29.2 Å². The van der Waals surface area contributed by atoms with E-state index in [1.54, 1.807) is 13.8 Å². The van der Waals surface area contributed by atoms with Crippen LogP contribution in [0, 0.1) is 0 Å². The number of aliphatic hydroxyl groups is 2. The minimum atomic E-state index is -1.27. The van der Waals surface area contributed by atoms with E-state index in [1.807, 2.05) is 23.5 Å². The third kappa shape index (κ3) is 4.12. The second-order valence-electron chi connectivity index (χ2n) is 7.21. The summed E-state index contributed by atoms with van der Waals surface area (Å²) < 4.78 is 18.2. The van der Waals surface area contributed by atoms with E-state index in [2.05, 4.69) is 5.32 Å². The van der Waals surface area contributed by atoms with Crippen LogP contribution < -0.4 is 5.32 Å². The lowest BCUT2D eigenvalue weighted by molar-refractivity contribution is -0.283. The Morgan fingerprint density at radius 3 is 2.52 bits per heavy atom. The van der Waals surface area contributed by atoms with E-state index >= 15 is 0 Å². The first-order valence-electron chi connectivity index (χ1n) is 8.59. The van der Waals surface area contributed by atoms with Crippen molar-refractivity contribution in [2.45, 2.75) is 74.1 Å². The summed E-state index contributed by atoms with van der Waals surface area (Å²) in [6.07, 6.45) is -0.716. The predicted octanol–water partition coefficient (Wildman–Crippen LogP) is 0.677. The number of rotatable bonds is 4. The summed E-state index contributed by atoms with van der Waals surface area (Å²) in [6.45, 7) is 4.67. The molecule has 0 radical (unpaired) electrons. The van der Waals surface area contributed by atoms with Crippen molar-refractivity contribution in [3.05, 3.63) is 0 Å². The Labute approximate surface area is 156 Å². The lowest BCUT2D eigenvalue weighted by Crippen LogP contribution is -2.69. The van der Waals surface area contributed by atoms with Gasteiger partial charge in [0.05, 0.1) is 11.2 Å². The molecular weight excluding hydrogens is 366 g/mol. The highest BCUT2D eigenvalue weighted by molar-refractivity contribution is 8.17. The maximum Gasteiger partial charge on any atom is 0.217 e. The molecule has 0 aromatic carbocycles. The quantitative estimate of drug-likeness (QED) is 0.642. The van der Waals surface area contributed by atoms with Gasteiger partial charge >= 0.3 is 0 Å². The number of amides is 1. The third-order valence-electron chi connectivity index (χ3n) is 4.71. The van der Waals surface area contributed by atoms with Gasteiger partial charge in [0, 0.05) is 13.3 Å². The fraction of sp³-hybridized carbons (Fsp3) is 0.938. The SMILES string of the molecule is CC(=O)N[C@@H]1C(O)O[C@@](CO)(CC2SCCCS2)[C@@H]2OC(C)(C)O[C@H]12. The highest BCUT2D eigenvalue weighted by Gasteiger charge is 2.62. The molecule has 3 aliphatic heterocycles. The molecule has 25 heavy (non-hydrogen) atoms. The fourth-order valence-corrected chi connectivity index (χ4v) is 6.78. The number of fused-ring (bicyclic) bond motifs is 1. The summed E-state index contributed by atoms with van der Waals surface area (Å²) >= 11 is 3.68. The molecule has 0 bridgehead atoms. The van der Waals surface area contributed by atoms with Crippen molar-refractivity contribution in [2.75, 3.05) is 18.1 Å². The summed E-state index contributed by atoms with van der Waals surface area (Å²) in [5, 5.41) is 23.4. The standard InChI is InChI=1S/C16H27NO6S2/c1-9(19)17-11-12-13(22-15(2,3)21-12)16(8-18,23-14(11)20)7-10-24-5-4-6-25-10/h10-14,18,20H,4-8H2,1-3H3,(H,17,19)/t11-,12+,13+,14?,16+/m0/s1. The predicted molar refractivity (Wildman–Crippen MR) is 96.3 cm³/mol. The summed E-state index contributed by atoms with van der Waals surface area (Å²) in [7, 11) is 0. The largest absolute Gasteiger partial charge is 0.393 e. The first kappa shape index (κ1) is 19.7. The van der Waals surface area contributed by atoms with Gasteiger partial charge in [-0.2, -0.15) is 0 Å². The van der Waals surface area contributed by atoms with Crippen LogP contribution >= 0.6 is 23.5 Å². The Morgan fingerprint density at radius 1 is 1.24 bits per heavy atom. The minimum Gasteiger partial charge on any atom is -0.393 e. The highest BCUT2D eigenvalue weighted by Crippen LogP contribution is 2.47. The van der Waals surface area contributed by atoms with Crippen LogP contribution in [0.3, 0.4) is 0 Å². The summed E-state index contributed by atoms with van der Waals surface area (Å²) in [6, 6.07) is -0.740. The lowest BCUT2D eigenvalue weighted by atomic mass is 9.84. The fourth-order valence-electron chi connectivity index (χ4n) is 3.68. The normalized spacial score (nSPS) is 41.3.